The molecule has 0 atom stereocenters. The first-order chi connectivity index (χ1) is 9.75. The van der Waals surface area contributed by atoms with Gasteiger partial charge in [-0.2, -0.15) is 0 Å². The summed E-state index contributed by atoms with van der Waals surface area (Å²) in [5.41, 5.74) is 0. The van der Waals surface area contributed by atoms with E-state index in [0.29, 0.717) is 0 Å². The van der Waals surface area contributed by atoms with E-state index in [4.69, 9.17) is 0 Å². The van der Waals surface area contributed by atoms with Gasteiger partial charge in [0.15, 0.2) is 0 Å². The van der Waals surface area contributed by atoms with E-state index in [-0.39, 0.29) is 0 Å². The van der Waals surface area contributed by atoms with E-state index < -0.39 is 0 Å². The Labute approximate surface area is 129 Å². The predicted molar refractivity (Wildman–Crippen MR) is 90.5 cm³/mol. The lowest BCUT2D eigenvalue weighted by Gasteiger charge is -2.29. The number of hydrogen-bond donors (Lipinski definition) is 0. The molecular formula is C18H29NS. The van der Waals surface area contributed by atoms with E-state index >= 15 is 0 Å². The van der Waals surface area contributed by atoms with E-state index in [9.17, 15) is 0 Å². The van der Waals surface area contributed by atoms with Gasteiger partial charge in [-0.25, -0.2) is 0 Å². The van der Waals surface area contributed by atoms with Gasteiger partial charge in [0.1, 0.15) is 0 Å². The van der Waals surface area contributed by atoms with Crippen molar-refractivity contribution in [2.45, 2.75) is 56.9 Å². The zero-order valence-corrected chi connectivity index (χ0v) is 13.9. The second-order valence-electron chi connectivity index (χ2n) is 6.32. The van der Waals surface area contributed by atoms with Gasteiger partial charge >= 0.3 is 0 Å². The molecule has 2 heteroatoms. The molecule has 2 rings (SSSR count). The number of rotatable bonds is 8. The van der Waals surface area contributed by atoms with E-state index in [1.54, 1.807) is 0 Å². The third-order valence-corrected chi connectivity index (χ3v) is 5.22. The van der Waals surface area contributed by atoms with Crippen LogP contribution in [0.4, 0.5) is 0 Å². The lowest BCUT2D eigenvalue weighted by atomic mass is 10.1. The molecule has 0 spiro atoms. The Morgan fingerprint density at radius 2 is 1.80 bits per heavy atom. The van der Waals surface area contributed by atoms with E-state index in [1.165, 1.54) is 55.8 Å². The molecule has 0 saturated heterocycles. The molecule has 20 heavy (non-hydrogen) atoms. The lowest BCUT2D eigenvalue weighted by Crippen LogP contribution is -2.36. The highest BCUT2D eigenvalue weighted by Crippen LogP contribution is 2.25. The van der Waals surface area contributed by atoms with Gasteiger partial charge in [-0.15, -0.1) is 11.8 Å². The van der Waals surface area contributed by atoms with Crippen LogP contribution in [-0.2, 0) is 0 Å². The topological polar surface area (TPSA) is 3.24 Å². The molecule has 0 aromatic heterocycles. The largest absolute Gasteiger partial charge is 0.300 e. The second-order valence-corrected chi connectivity index (χ2v) is 7.49. The number of nitrogens with zero attached hydrogens (tertiary/aromatic N) is 1. The molecule has 1 saturated carbocycles. The van der Waals surface area contributed by atoms with Crippen molar-refractivity contribution >= 4 is 11.8 Å². The van der Waals surface area contributed by atoms with Gasteiger partial charge in [-0.1, -0.05) is 44.9 Å². The van der Waals surface area contributed by atoms with Crippen LogP contribution in [0.25, 0.3) is 0 Å². The summed E-state index contributed by atoms with van der Waals surface area (Å²) in [6, 6.07) is 11.7. The summed E-state index contributed by atoms with van der Waals surface area (Å²) < 4.78 is 0. The monoisotopic (exact) mass is 291 g/mol. The van der Waals surface area contributed by atoms with Crippen LogP contribution in [0.5, 0.6) is 0 Å². The fourth-order valence-electron chi connectivity index (χ4n) is 2.97. The Bertz CT molecular complexity index is 357. The molecule has 0 bridgehead atoms. The minimum absolute atomic E-state index is 0.820. The van der Waals surface area contributed by atoms with Crippen molar-refractivity contribution in [3.63, 3.8) is 0 Å². The van der Waals surface area contributed by atoms with Crippen molar-refractivity contribution in [2.75, 3.05) is 18.8 Å². The third kappa shape index (κ3) is 5.49. The maximum absolute atomic E-state index is 2.77. The van der Waals surface area contributed by atoms with Gasteiger partial charge in [0, 0.05) is 23.2 Å². The summed E-state index contributed by atoms with van der Waals surface area (Å²) in [5, 5.41) is 0. The first-order valence-corrected chi connectivity index (χ1v) is 9.16. The minimum Gasteiger partial charge on any atom is -0.300 e. The van der Waals surface area contributed by atoms with Crippen molar-refractivity contribution in [1.82, 2.24) is 4.90 Å². The van der Waals surface area contributed by atoms with Crippen LogP contribution in [0.15, 0.2) is 35.2 Å². The van der Waals surface area contributed by atoms with Crippen LogP contribution >= 0.6 is 11.8 Å². The molecule has 1 nitrogen and oxygen atoms in total. The van der Waals surface area contributed by atoms with Crippen molar-refractivity contribution < 1.29 is 0 Å². The summed E-state index contributed by atoms with van der Waals surface area (Å²) in [4.78, 5) is 4.17. The van der Waals surface area contributed by atoms with Gasteiger partial charge < -0.3 is 0 Å². The minimum atomic E-state index is 0.820. The highest BCUT2D eigenvalue weighted by atomic mass is 32.2. The fourth-order valence-corrected chi connectivity index (χ4v) is 3.88. The highest BCUT2D eigenvalue weighted by Gasteiger charge is 2.22. The number of benzene rings is 1. The Balaban J connectivity index is 1.77. The van der Waals surface area contributed by atoms with Crippen LogP contribution in [0.2, 0.25) is 0 Å². The summed E-state index contributed by atoms with van der Waals surface area (Å²) in [5.74, 6) is 2.04. The van der Waals surface area contributed by atoms with Gasteiger partial charge in [-0.3, -0.25) is 4.90 Å². The van der Waals surface area contributed by atoms with E-state index in [0.717, 1.165) is 12.0 Å². The van der Waals surface area contributed by atoms with Gasteiger partial charge in [0.05, 0.1) is 0 Å². The van der Waals surface area contributed by atoms with Crippen molar-refractivity contribution in [3.8, 4) is 0 Å². The number of thioether (sulfide) groups is 1. The standard InChI is InChI=1S/C18H29NS/c1-16(2)12-13-19(17-8-6-7-9-17)14-15-20-18-10-4-3-5-11-18/h3-5,10-11,16-17H,6-9,12-15H2,1-2H3. The van der Waals surface area contributed by atoms with Gasteiger partial charge in [-0.05, 0) is 43.9 Å². The van der Waals surface area contributed by atoms with Gasteiger partial charge in [0.2, 0.25) is 0 Å². The van der Waals surface area contributed by atoms with Crippen LogP contribution in [0, 0.1) is 5.92 Å². The Morgan fingerprint density at radius 1 is 1.10 bits per heavy atom. The van der Waals surface area contributed by atoms with Crippen molar-refractivity contribution in [3.05, 3.63) is 30.3 Å². The molecular weight excluding hydrogens is 262 g/mol. The average Bonchev–Trinajstić information content (AvgIpc) is 2.97. The average molecular weight is 292 g/mol. The van der Waals surface area contributed by atoms with Crippen LogP contribution in [-0.4, -0.2) is 29.8 Å². The maximum Gasteiger partial charge on any atom is 0.0108 e. The SMILES string of the molecule is CC(C)CCN(CCSc1ccccc1)C1CCCC1. The zero-order valence-electron chi connectivity index (χ0n) is 13.1. The first kappa shape index (κ1) is 15.9. The number of hydrogen-bond acceptors (Lipinski definition) is 2. The Hall–Kier alpha value is -0.470. The van der Waals surface area contributed by atoms with Crippen LogP contribution in [0.1, 0.15) is 46.0 Å². The quantitative estimate of drug-likeness (QED) is 0.615. The van der Waals surface area contributed by atoms with Crippen molar-refractivity contribution in [2.24, 2.45) is 5.92 Å². The summed E-state index contributed by atoms with van der Waals surface area (Å²) in [6.07, 6.45) is 7.07. The van der Waals surface area contributed by atoms with E-state index in [2.05, 4.69) is 49.1 Å². The molecule has 0 N–H and O–H groups in total. The summed E-state index contributed by atoms with van der Waals surface area (Å²) in [6.45, 7) is 7.21. The molecule has 1 aliphatic rings. The fraction of sp³-hybridized carbons (Fsp3) is 0.667. The summed E-state index contributed by atoms with van der Waals surface area (Å²) in [7, 11) is 0. The molecule has 1 fully saturated rings. The van der Waals surface area contributed by atoms with Crippen LogP contribution < -0.4 is 0 Å². The second kappa shape index (κ2) is 8.74. The normalized spacial score (nSPS) is 16.4. The van der Waals surface area contributed by atoms with Crippen LogP contribution in [0.3, 0.4) is 0 Å². The zero-order chi connectivity index (χ0) is 14.2. The van der Waals surface area contributed by atoms with E-state index in [1.807, 2.05) is 11.8 Å². The maximum atomic E-state index is 2.77. The smallest absolute Gasteiger partial charge is 0.0108 e. The molecule has 1 aliphatic carbocycles. The molecule has 1 aromatic carbocycles. The molecule has 0 aliphatic heterocycles. The molecule has 0 radical (unpaired) electrons. The highest BCUT2D eigenvalue weighted by molar-refractivity contribution is 7.99. The molecule has 1 aromatic rings. The molecule has 0 amide bonds. The summed E-state index contributed by atoms with van der Waals surface area (Å²) >= 11 is 2.00. The first-order valence-electron chi connectivity index (χ1n) is 8.17. The predicted octanol–water partition coefficient (Wildman–Crippen LogP) is 5.07. The Kier molecular flexibility index (Phi) is 6.95. The lowest BCUT2D eigenvalue weighted by molar-refractivity contribution is 0.200. The molecule has 0 unspecified atom stereocenters. The third-order valence-electron chi connectivity index (χ3n) is 4.23. The molecule has 112 valence electrons. The Morgan fingerprint density at radius 3 is 2.45 bits per heavy atom. The van der Waals surface area contributed by atoms with Crippen molar-refractivity contribution in [1.29, 1.82) is 0 Å². The van der Waals surface area contributed by atoms with Gasteiger partial charge in [0.25, 0.3) is 0 Å². The molecule has 0 heterocycles.